The maximum atomic E-state index is 13.2. The second-order valence-electron chi connectivity index (χ2n) is 7.85. The first-order chi connectivity index (χ1) is 12.7. The van der Waals surface area contributed by atoms with Crippen molar-refractivity contribution in [1.82, 2.24) is 10.2 Å². The molecule has 3 atom stereocenters. The summed E-state index contributed by atoms with van der Waals surface area (Å²) in [5, 5.41) is 5.19. The molecule has 1 N–H and O–H groups in total. The standard InChI is InChI=1S/C20H28N2O3S/c1-2-20(19(24)21-13-16-4-3-11-26-16)12-15-5-6-17(20)22(15)18(23)14-7-9-25-10-8-14/h3-4,11,14-15,17H,2,5-10,12-13H2,1H3,(H,21,24)/t15-,17+,20+/m0/s1. The third-order valence-corrected chi connectivity index (χ3v) is 7.53. The second kappa shape index (κ2) is 7.31. The van der Waals surface area contributed by atoms with Crippen LogP contribution in [-0.4, -0.2) is 42.0 Å². The van der Waals surface area contributed by atoms with Gasteiger partial charge < -0.3 is 15.0 Å². The average Bonchev–Trinajstić information content (AvgIpc) is 3.41. The third kappa shape index (κ3) is 2.97. The van der Waals surface area contributed by atoms with Crippen LogP contribution in [0.25, 0.3) is 0 Å². The molecule has 3 aliphatic rings. The van der Waals surface area contributed by atoms with Crippen LogP contribution in [0.15, 0.2) is 17.5 Å². The Morgan fingerprint density at radius 2 is 2.12 bits per heavy atom. The van der Waals surface area contributed by atoms with Crippen molar-refractivity contribution in [2.24, 2.45) is 11.3 Å². The highest BCUT2D eigenvalue weighted by molar-refractivity contribution is 7.09. The van der Waals surface area contributed by atoms with Gasteiger partial charge in [0.2, 0.25) is 11.8 Å². The highest BCUT2D eigenvalue weighted by Gasteiger charge is 2.60. The lowest BCUT2D eigenvalue weighted by molar-refractivity contribution is -0.142. The molecule has 5 nitrogen and oxygen atoms in total. The normalized spacial score (nSPS) is 31.3. The molecule has 0 radical (unpaired) electrons. The Morgan fingerprint density at radius 3 is 2.81 bits per heavy atom. The Labute approximate surface area is 159 Å². The van der Waals surface area contributed by atoms with Crippen molar-refractivity contribution in [3.05, 3.63) is 22.4 Å². The lowest BCUT2D eigenvalue weighted by Crippen LogP contribution is -2.50. The van der Waals surface area contributed by atoms with E-state index in [1.807, 2.05) is 17.5 Å². The van der Waals surface area contributed by atoms with Crippen molar-refractivity contribution >= 4 is 23.2 Å². The number of rotatable bonds is 5. The fraction of sp³-hybridized carbons (Fsp3) is 0.700. The fourth-order valence-corrected chi connectivity index (χ4v) is 5.86. The van der Waals surface area contributed by atoms with Crippen LogP contribution in [0.2, 0.25) is 0 Å². The molecule has 0 aromatic carbocycles. The highest BCUT2D eigenvalue weighted by Crippen LogP contribution is 2.52. The van der Waals surface area contributed by atoms with Crippen LogP contribution >= 0.6 is 11.3 Å². The van der Waals surface area contributed by atoms with Crippen molar-refractivity contribution in [2.45, 2.75) is 64.1 Å². The van der Waals surface area contributed by atoms with Crippen LogP contribution in [0.1, 0.15) is 50.3 Å². The summed E-state index contributed by atoms with van der Waals surface area (Å²) in [6.07, 6.45) is 5.25. The molecule has 3 aliphatic heterocycles. The van der Waals surface area contributed by atoms with Crippen LogP contribution in [0.5, 0.6) is 0 Å². The molecule has 6 heteroatoms. The third-order valence-electron chi connectivity index (χ3n) is 6.65. The Morgan fingerprint density at radius 1 is 1.31 bits per heavy atom. The molecule has 1 aromatic heterocycles. The maximum absolute atomic E-state index is 13.2. The van der Waals surface area contributed by atoms with Crippen molar-refractivity contribution < 1.29 is 14.3 Å². The van der Waals surface area contributed by atoms with Crippen LogP contribution in [-0.2, 0) is 20.9 Å². The lowest BCUT2D eigenvalue weighted by Gasteiger charge is -2.36. The number of hydrogen-bond acceptors (Lipinski definition) is 4. The first kappa shape index (κ1) is 18.0. The van der Waals surface area contributed by atoms with Gasteiger partial charge in [-0.3, -0.25) is 9.59 Å². The van der Waals surface area contributed by atoms with E-state index in [9.17, 15) is 9.59 Å². The molecular weight excluding hydrogens is 348 g/mol. The van der Waals surface area contributed by atoms with Gasteiger partial charge in [-0.05, 0) is 50.0 Å². The molecule has 142 valence electrons. The number of fused-ring (bicyclic) bond motifs is 2. The monoisotopic (exact) mass is 376 g/mol. The summed E-state index contributed by atoms with van der Waals surface area (Å²) >= 11 is 1.66. The minimum atomic E-state index is -0.416. The molecule has 4 rings (SSSR count). The number of amides is 2. The molecular formula is C20H28N2O3S. The Bertz CT molecular complexity index is 656. The van der Waals surface area contributed by atoms with E-state index in [0.717, 1.165) is 38.5 Å². The van der Waals surface area contributed by atoms with Crippen molar-refractivity contribution in [3.8, 4) is 0 Å². The summed E-state index contributed by atoms with van der Waals surface area (Å²) in [5.41, 5.74) is -0.416. The van der Waals surface area contributed by atoms with Gasteiger partial charge in [-0.1, -0.05) is 13.0 Å². The van der Waals surface area contributed by atoms with Crippen molar-refractivity contribution in [3.63, 3.8) is 0 Å². The maximum Gasteiger partial charge on any atom is 0.228 e. The fourth-order valence-electron chi connectivity index (χ4n) is 5.21. The van der Waals surface area contributed by atoms with E-state index in [-0.39, 0.29) is 29.8 Å². The summed E-state index contributed by atoms with van der Waals surface area (Å²) < 4.78 is 5.42. The van der Waals surface area contributed by atoms with Crippen LogP contribution in [0.3, 0.4) is 0 Å². The molecule has 0 aliphatic carbocycles. The minimum Gasteiger partial charge on any atom is -0.381 e. The molecule has 0 spiro atoms. The topological polar surface area (TPSA) is 58.6 Å². The molecule has 0 unspecified atom stereocenters. The van der Waals surface area contributed by atoms with Gasteiger partial charge in [0.1, 0.15) is 0 Å². The molecule has 26 heavy (non-hydrogen) atoms. The number of ether oxygens (including phenoxy) is 1. The zero-order valence-corrected chi connectivity index (χ0v) is 16.2. The summed E-state index contributed by atoms with van der Waals surface area (Å²) in [6.45, 7) is 4.05. The zero-order valence-electron chi connectivity index (χ0n) is 15.4. The Kier molecular flexibility index (Phi) is 5.06. The number of nitrogens with one attached hydrogen (secondary N) is 1. The number of carbonyl (C=O) groups excluding carboxylic acids is 2. The van der Waals surface area contributed by atoms with E-state index in [4.69, 9.17) is 4.74 Å². The van der Waals surface area contributed by atoms with Crippen molar-refractivity contribution in [2.75, 3.05) is 13.2 Å². The SMILES string of the molecule is CC[C@@]1(C(=O)NCc2cccs2)C[C@@H]2CC[C@H]1N2C(=O)C1CCOCC1. The number of hydrogen-bond donors (Lipinski definition) is 1. The first-order valence-corrected chi connectivity index (χ1v) is 10.7. The molecule has 0 saturated carbocycles. The summed E-state index contributed by atoms with van der Waals surface area (Å²) in [4.78, 5) is 29.6. The number of carbonyl (C=O) groups is 2. The number of thiophene rings is 1. The van der Waals surface area contributed by atoms with Gasteiger partial charge in [0.25, 0.3) is 0 Å². The highest BCUT2D eigenvalue weighted by atomic mass is 32.1. The van der Waals surface area contributed by atoms with Crippen molar-refractivity contribution in [1.29, 1.82) is 0 Å². The molecule has 1 aromatic rings. The quantitative estimate of drug-likeness (QED) is 0.860. The second-order valence-corrected chi connectivity index (χ2v) is 8.89. The first-order valence-electron chi connectivity index (χ1n) is 9.86. The molecule has 3 saturated heterocycles. The van der Waals surface area contributed by atoms with Gasteiger partial charge >= 0.3 is 0 Å². The lowest BCUT2D eigenvalue weighted by atomic mass is 9.71. The molecule has 2 amide bonds. The Balaban J connectivity index is 1.48. The Hall–Kier alpha value is -1.40. The van der Waals surface area contributed by atoms with E-state index in [2.05, 4.69) is 17.1 Å². The van der Waals surface area contributed by atoms with E-state index in [0.29, 0.717) is 19.8 Å². The summed E-state index contributed by atoms with van der Waals surface area (Å²) in [7, 11) is 0. The molecule has 2 bridgehead atoms. The minimum absolute atomic E-state index is 0.0659. The van der Waals surface area contributed by atoms with Crippen LogP contribution < -0.4 is 5.32 Å². The van der Waals surface area contributed by atoms with E-state index in [1.165, 1.54) is 4.88 Å². The van der Waals surface area contributed by atoms with Crippen LogP contribution in [0.4, 0.5) is 0 Å². The van der Waals surface area contributed by atoms with Gasteiger partial charge in [0.05, 0.1) is 12.0 Å². The van der Waals surface area contributed by atoms with Gasteiger partial charge in [0.15, 0.2) is 0 Å². The zero-order chi connectivity index (χ0) is 18.1. The van der Waals surface area contributed by atoms with Gasteiger partial charge in [-0.2, -0.15) is 0 Å². The average molecular weight is 377 g/mol. The predicted molar refractivity (Wildman–Crippen MR) is 101 cm³/mol. The van der Waals surface area contributed by atoms with Gasteiger partial charge in [-0.15, -0.1) is 11.3 Å². The van der Waals surface area contributed by atoms with Gasteiger partial charge in [-0.25, -0.2) is 0 Å². The predicted octanol–water partition coefficient (Wildman–Crippen LogP) is 2.95. The largest absolute Gasteiger partial charge is 0.381 e. The van der Waals surface area contributed by atoms with Crippen LogP contribution in [0, 0.1) is 11.3 Å². The summed E-state index contributed by atoms with van der Waals surface area (Å²) in [5.74, 6) is 0.473. The number of nitrogens with zero attached hydrogens (tertiary/aromatic N) is 1. The van der Waals surface area contributed by atoms with E-state index in [1.54, 1.807) is 11.3 Å². The summed E-state index contributed by atoms with van der Waals surface area (Å²) in [6, 6.07) is 4.36. The van der Waals surface area contributed by atoms with E-state index >= 15 is 0 Å². The smallest absolute Gasteiger partial charge is 0.228 e. The van der Waals surface area contributed by atoms with E-state index < -0.39 is 5.41 Å². The molecule has 3 fully saturated rings. The molecule has 4 heterocycles. The van der Waals surface area contributed by atoms with Gasteiger partial charge in [0, 0.05) is 36.1 Å².